The number of hydrogen-bond donors (Lipinski definition) is 1. The summed E-state index contributed by atoms with van der Waals surface area (Å²) in [5.41, 5.74) is 6.86. The van der Waals surface area contributed by atoms with E-state index in [-0.39, 0.29) is 18.0 Å². The molecule has 0 aliphatic carbocycles. The van der Waals surface area contributed by atoms with Crippen LogP contribution < -0.4 is 14.8 Å². The summed E-state index contributed by atoms with van der Waals surface area (Å²) < 4.78 is 30.6. The number of hydrogen-bond acceptors (Lipinski definition) is 5. The molecule has 0 saturated carbocycles. The maximum atomic E-state index is 14.0. The molecule has 1 aliphatic heterocycles. The number of aryl methyl sites for hydroxylation is 1. The first-order chi connectivity index (χ1) is 16.6. The number of benzene rings is 3. The molecule has 1 N–H and O–H groups in total. The zero-order valence-corrected chi connectivity index (χ0v) is 20.9. The monoisotopic (exact) mass is 475 g/mol. The lowest BCUT2D eigenvalue weighted by molar-refractivity contribution is 0.0600. The van der Waals surface area contributed by atoms with Crippen LogP contribution in [0.2, 0.25) is 0 Å². The molecule has 4 rings (SSSR count). The van der Waals surface area contributed by atoms with Crippen molar-refractivity contribution < 1.29 is 23.4 Å². The van der Waals surface area contributed by atoms with E-state index in [4.69, 9.17) is 14.2 Å². The Hall–Kier alpha value is -3.80. The standard InChI is InChI=1S/C29H30FNO4/c1-17-7-8-19(28(32)34-6)13-25(17)35-16-23-21(22-10-9-20(30)14-26(22)33-5)11-12-24-27(23)18(2)15-29(3,4)31-24/h7-15,31H,16H2,1-6H3. The SMILES string of the molecule is COC(=O)c1ccc(C)c(OCc2c(-c3ccc(F)cc3OC)ccc3c2C(C)=CC(C)(C)N3)c1. The number of halogens is 1. The summed E-state index contributed by atoms with van der Waals surface area (Å²) in [4.78, 5) is 12.0. The van der Waals surface area contributed by atoms with Crippen LogP contribution in [-0.4, -0.2) is 25.7 Å². The van der Waals surface area contributed by atoms with Crippen LogP contribution in [0.15, 0.2) is 54.6 Å². The summed E-state index contributed by atoms with van der Waals surface area (Å²) in [5, 5.41) is 3.58. The van der Waals surface area contributed by atoms with Crippen LogP contribution in [0, 0.1) is 12.7 Å². The maximum absolute atomic E-state index is 14.0. The molecule has 1 aliphatic rings. The van der Waals surface area contributed by atoms with Gasteiger partial charge in [0.15, 0.2) is 0 Å². The Kier molecular flexibility index (Phi) is 6.57. The molecule has 0 radical (unpaired) electrons. The Morgan fingerprint density at radius 1 is 0.971 bits per heavy atom. The van der Waals surface area contributed by atoms with Gasteiger partial charge in [-0.15, -0.1) is 0 Å². The number of anilines is 1. The van der Waals surface area contributed by atoms with E-state index in [9.17, 15) is 9.18 Å². The van der Waals surface area contributed by atoms with Gasteiger partial charge >= 0.3 is 5.97 Å². The van der Waals surface area contributed by atoms with Crippen molar-refractivity contribution in [2.75, 3.05) is 19.5 Å². The molecule has 3 aromatic carbocycles. The first-order valence-electron chi connectivity index (χ1n) is 11.4. The zero-order chi connectivity index (χ0) is 25.3. The molecule has 3 aromatic rings. The minimum Gasteiger partial charge on any atom is -0.496 e. The van der Waals surface area contributed by atoms with Gasteiger partial charge in [0.05, 0.1) is 25.3 Å². The van der Waals surface area contributed by atoms with Gasteiger partial charge in [0.2, 0.25) is 0 Å². The van der Waals surface area contributed by atoms with Crippen LogP contribution in [0.1, 0.15) is 47.8 Å². The average molecular weight is 476 g/mol. The summed E-state index contributed by atoms with van der Waals surface area (Å²) in [6, 6.07) is 13.8. The summed E-state index contributed by atoms with van der Waals surface area (Å²) >= 11 is 0. The number of rotatable bonds is 6. The zero-order valence-electron chi connectivity index (χ0n) is 20.9. The van der Waals surface area contributed by atoms with E-state index in [0.717, 1.165) is 39.1 Å². The largest absolute Gasteiger partial charge is 0.496 e. The topological polar surface area (TPSA) is 56.8 Å². The first kappa shape index (κ1) is 24.3. The lowest BCUT2D eigenvalue weighted by Crippen LogP contribution is -2.32. The molecule has 5 nitrogen and oxygen atoms in total. The number of ether oxygens (including phenoxy) is 3. The first-order valence-corrected chi connectivity index (χ1v) is 11.4. The fourth-order valence-electron chi connectivity index (χ4n) is 4.64. The van der Waals surface area contributed by atoms with Crippen molar-refractivity contribution >= 4 is 17.2 Å². The predicted octanol–water partition coefficient (Wildman–Crippen LogP) is 6.78. The van der Waals surface area contributed by atoms with E-state index < -0.39 is 5.97 Å². The molecule has 0 atom stereocenters. The van der Waals surface area contributed by atoms with Crippen molar-refractivity contribution in [3.63, 3.8) is 0 Å². The van der Waals surface area contributed by atoms with Gasteiger partial charge in [0, 0.05) is 28.4 Å². The number of carbonyl (C=O) groups is 1. The molecule has 0 bridgehead atoms. The predicted molar refractivity (Wildman–Crippen MR) is 137 cm³/mol. The molecule has 1 heterocycles. The molecular formula is C29H30FNO4. The molecule has 6 heteroatoms. The molecule has 0 unspecified atom stereocenters. The van der Waals surface area contributed by atoms with Crippen molar-refractivity contribution in [1.29, 1.82) is 0 Å². The molecule has 0 spiro atoms. The van der Waals surface area contributed by atoms with Gasteiger partial charge in [-0.2, -0.15) is 0 Å². The molecule has 182 valence electrons. The second-order valence-corrected chi connectivity index (χ2v) is 9.29. The minimum atomic E-state index is -0.422. The Morgan fingerprint density at radius 2 is 1.71 bits per heavy atom. The Morgan fingerprint density at radius 3 is 2.43 bits per heavy atom. The molecule has 0 fully saturated rings. The number of nitrogens with one attached hydrogen (secondary N) is 1. The minimum absolute atomic E-state index is 0.199. The quantitative estimate of drug-likeness (QED) is 0.398. The summed E-state index contributed by atoms with van der Waals surface area (Å²) in [7, 11) is 2.88. The van der Waals surface area contributed by atoms with E-state index in [1.165, 1.54) is 26.4 Å². The Balaban J connectivity index is 1.85. The second kappa shape index (κ2) is 9.45. The Bertz CT molecular complexity index is 1330. The van der Waals surface area contributed by atoms with Crippen molar-refractivity contribution in [3.05, 3.63) is 82.7 Å². The highest BCUT2D eigenvalue weighted by Gasteiger charge is 2.27. The van der Waals surface area contributed by atoms with Gasteiger partial charge in [-0.25, -0.2) is 9.18 Å². The van der Waals surface area contributed by atoms with Gasteiger partial charge in [-0.05, 0) is 74.7 Å². The van der Waals surface area contributed by atoms with E-state index in [2.05, 4.69) is 32.2 Å². The molecule has 0 amide bonds. The van der Waals surface area contributed by atoms with Crippen LogP contribution in [0.3, 0.4) is 0 Å². The number of methoxy groups -OCH3 is 2. The van der Waals surface area contributed by atoms with Gasteiger partial charge in [-0.1, -0.05) is 18.2 Å². The Labute approximate surface area is 205 Å². The lowest BCUT2D eigenvalue weighted by Gasteiger charge is -2.33. The van der Waals surface area contributed by atoms with E-state index in [0.29, 0.717) is 17.1 Å². The fraction of sp³-hybridized carbons (Fsp3) is 0.276. The number of allylic oxidation sites excluding steroid dienone is 1. The third-order valence-electron chi connectivity index (χ3n) is 6.18. The summed E-state index contributed by atoms with van der Waals surface area (Å²) in [6.45, 7) is 8.48. The normalized spacial score (nSPS) is 13.9. The van der Waals surface area contributed by atoms with Gasteiger partial charge in [-0.3, -0.25) is 0 Å². The average Bonchev–Trinajstić information content (AvgIpc) is 2.82. The molecule has 0 saturated heterocycles. The number of esters is 1. The highest BCUT2D eigenvalue weighted by Crippen LogP contribution is 2.43. The third kappa shape index (κ3) is 4.87. The fourth-order valence-corrected chi connectivity index (χ4v) is 4.64. The highest BCUT2D eigenvalue weighted by atomic mass is 19.1. The molecule has 35 heavy (non-hydrogen) atoms. The van der Waals surface area contributed by atoms with E-state index in [1.807, 2.05) is 25.1 Å². The van der Waals surface area contributed by atoms with Crippen LogP contribution >= 0.6 is 0 Å². The van der Waals surface area contributed by atoms with Crippen LogP contribution in [0.4, 0.5) is 10.1 Å². The van der Waals surface area contributed by atoms with E-state index >= 15 is 0 Å². The molecule has 0 aromatic heterocycles. The summed E-state index contributed by atoms with van der Waals surface area (Å²) in [6.07, 6.45) is 2.19. The maximum Gasteiger partial charge on any atom is 0.337 e. The summed E-state index contributed by atoms with van der Waals surface area (Å²) in [5.74, 6) is 0.249. The van der Waals surface area contributed by atoms with E-state index in [1.54, 1.807) is 18.2 Å². The lowest BCUT2D eigenvalue weighted by atomic mass is 9.85. The van der Waals surface area contributed by atoms with Crippen molar-refractivity contribution in [2.24, 2.45) is 0 Å². The smallest absolute Gasteiger partial charge is 0.337 e. The van der Waals surface area contributed by atoms with Gasteiger partial charge in [0.1, 0.15) is 23.9 Å². The number of carbonyl (C=O) groups excluding carboxylic acids is 1. The van der Waals surface area contributed by atoms with Crippen molar-refractivity contribution in [3.8, 4) is 22.6 Å². The van der Waals surface area contributed by atoms with Crippen LogP contribution in [0.5, 0.6) is 11.5 Å². The molecular weight excluding hydrogens is 445 g/mol. The van der Waals surface area contributed by atoms with Crippen molar-refractivity contribution in [1.82, 2.24) is 0 Å². The highest BCUT2D eigenvalue weighted by molar-refractivity contribution is 5.90. The van der Waals surface area contributed by atoms with Gasteiger partial charge in [0.25, 0.3) is 0 Å². The van der Waals surface area contributed by atoms with Crippen molar-refractivity contribution in [2.45, 2.75) is 39.8 Å². The van der Waals surface area contributed by atoms with Crippen LogP contribution in [-0.2, 0) is 11.3 Å². The van der Waals surface area contributed by atoms with Gasteiger partial charge < -0.3 is 19.5 Å². The number of fused-ring (bicyclic) bond motifs is 1. The third-order valence-corrected chi connectivity index (χ3v) is 6.18. The van der Waals surface area contributed by atoms with Crippen LogP contribution in [0.25, 0.3) is 16.7 Å². The second-order valence-electron chi connectivity index (χ2n) is 9.29.